The molecule has 0 aliphatic carbocycles. The molecular formula is C8H15N3. The van der Waals surface area contributed by atoms with E-state index in [0.717, 1.165) is 25.3 Å². The minimum Gasteiger partial charge on any atom is -0.345 e. The Morgan fingerprint density at radius 3 is 3.00 bits per heavy atom. The highest BCUT2D eigenvalue weighted by Gasteiger charge is 2.11. The minimum absolute atomic E-state index is 0. The van der Waals surface area contributed by atoms with Gasteiger partial charge in [-0.1, -0.05) is 7.43 Å². The summed E-state index contributed by atoms with van der Waals surface area (Å²) in [4.78, 5) is 7.58. The standard InChI is InChI=1S/C7H11N3.CH4/c1-5-9-6-2-3-8-4-7(6)10-5;/h8H,2-4H2,1H3,(H,9,10);1H4. The van der Waals surface area contributed by atoms with Crippen molar-refractivity contribution in [1.82, 2.24) is 15.3 Å². The molecule has 1 aliphatic heterocycles. The van der Waals surface area contributed by atoms with Crippen molar-refractivity contribution in [2.45, 2.75) is 27.3 Å². The number of rotatable bonds is 0. The lowest BCUT2D eigenvalue weighted by Crippen LogP contribution is -2.23. The molecule has 2 rings (SSSR count). The normalized spacial score (nSPS) is 15.4. The Morgan fingerprint density at radius 2 is 2.27 bits per heavy atom. The Balaban J connectivity index is 0.000000605. The maximum absolute atomic E-state index is 4.36. The third kappa shape index (κ3) is 1.43. The third-order valence-electron chi connectivity index (χ3n) is 1.82. The molecular weight excluding hydrogens is 138 g/mol. The first-order valence-corrected chi connectivity index (χ1v) is 3.61. The van der Waals surface area contributed by atoms with Gasteiger partial charge in [0.25, 0.3) is 0 Å². The molecule has 1 aromatic heterocycles. The molecule has 0 bridgehead atoms. The van der Waals surface area contributed by atoms with E-state index in [1.165, 1.54) is 11.4 Å². The van der Waals surface area contributed by atoms with E-state index in [1.54, 1.807) is 0 Å². The summed E-state index contributed by atoms with van der Waals surface area (Å²) < 4.78 is 0. The van der Waals surface area contributed by atoms with E-state index in [0.29, 0.717) is 0 Å². The van der Waals surface area contributed by atoms with Crippen molar-refractivity contribution in [2.24, 2.45) is 0 Å². The van der Waals surface area contributed by atoms with Gasteiger partial charge in [0.05, 0.1) is 11.4 Å². The Kier molecular flexibility index (Phi) is 2.29. The quantitative estimate of drug-likeness (QED) is 0.583. The van der Waals surface area contributed by atoms with E-state index in [4.69, 9.17) is 0 Å². The van der Waals surface area contributed by atoms with Crippen LogP contribution in [0, 0.1) is 6.92 Å². The smallest absolute Gasteiger partial charge is 0.103 e. The first-order valence-electron chi connectivity index (χ1n) is 3.61. The maximum atomic E-state index is 4.36. The number of fused-ring (bicyclic) bond motifs is 1. The number of imidazole rings is 1. The molecule has 3 heteroatoms. The number of aryl methyl sites for hydroxylation is 1. The van der Waals surface area contributed by atoms with Crippen LogP contribution in [0.25, 0.3) is 0 Å². The molecule has 0 aromatic carbocycles. The topological polar surface area (TPSA) is 40.7 Å². The van der Waals surface area contributed by atoms with E-state index in [2.05, 4.69) is 15.3 Å². The van der Waals surface area contributed by atoms with Gasteiger partial charge in [0.2, 0.25) is 0 Å². The lowest BCUT2D eigenvalue weighted by Gasteiger charge is -2.09. The van der Waals surface area contributed by atoms with Crippen LogP contribution < -0.4 is 5.32 Å². The molecule has 1 aromatic rings. The predicted octanol–water partition coefficient (Wildman–Crippen LogP) is 1.000. The van der Waals surface area contributed by atoms with Gasteiger partial charge in [-0.05, 0) is 6.92 Å². The van der Waals surface area contributed by atoms with Crippen molar-refractivity contribution in [1.29, 1.82) is 0 Å². The van der Waals surface area contributed by atoms with Crippen molar-refractivity contribution >= 4 is 0 Å². The first kappa shape index (κ1) is 8.27. The molecule has 0 radical (unpaired) electrons. The zero-order valence-electron chi connectivity index (χ0n) is 6.07. The van der Waals surface area contributed by atoms with Gasteiger partial charge >= 0.3 is 0 Å². The zero-order chi connectivity index (χ0) is 6.97. The lowest BCUT2D eigenvalue weighted by molar-refractivity contribution is 0.627. The highest BCUT2D eigenvalue weighted by atomic mass is 15.0. The van der Waals surface area contributed by atoms with Crippen LogP contribution in [0.1, 0.15) is 24.6 Å². The van der Waals surface area contributed by atoms with E-state index in [1.807, 2.05) is 6.92 Å². The minimum atomic E-state index is 0. The monoisotopic (exact) mass is 153 g/mol. The summed E-state index contributed by atoms with van der Waals surface area (Å²) in [5, 5.41) is 3.28. The van der Waals surface area contributed by atoms with Gasteiger partial charge in [-0.25, -0.2) is 4.98 Å². The van der Waals surface area contributed by atoms with Gasteiger partial charge in [0, 0.05) is 19.5 Å². The fraction of sp³-hybridized carbons (Fsp3) is 0.625. The summed E-state index contributed by atoms with van der Waals surface area (Å²) in [5.74, 6) is 1.04. The number of nitrogens with one attached hydrogen (secondary N) is 2. The second kappa shape index (κ2) is 3.05. The van der Waals surface area contributed by atoms with E-state index < -0.39 is 0 Å². The molecule has 0 unspecified atom stereocenters. The average molecular weight is 153 g/mol. The number of aromatic nitrogens is 2. The molecule has 0 amide bonds. The molecule has 2 N–H and O–H groups in total. The van der Waals surface area contributed by atoms with Gasteiger partial charge in [0.1, 0.15) is 5.82 Å². The van der Waals surface area contributed by atoms with E-state index >= 15 is 0 Å². The van der Waals surface area contributed by atoms with Gasteiger partial charge in [-0.2, -0.15) is 0 Å². The first-order chi connectivity index (χ1) is 4.86. The lowest BCUT2D eigenvalue weighted by atomic mass is 10.2. The molecule has 0 atom stereocenters. The average Bonchev–Trinajstić information content (AvgIpc) is 2.27. The van der Waals surface area contributed by atoms with Gasteiger partial charge in [0.15, 0.2) is 0 Å². The van der Waals surface area contributed by atoms with Crippen LogP contribution in [-0.4, -0.2) is 16.5 Å². The van der Waals surface area contributed by atoms with Crippen LogP contribution in [0.15, 0.2) is 0 Å². The molecule has 11 heavy (non-hydrogen) atoms. The highest BCUT2D eigenvalue weighted by molar-refractivity contribution is 5.16. The fourth-order valence-electron chi connectivity index (χ4n) is 1.36. The Morgan fingerprint density at radius 1 is 1.45 bits per heavy atom. The summed E-state index contributed by atoms with van der Waals surface area (Å²) in [5.41, 5.74) is 2.51. The van der Waals surface area contributed by atoms with Crippen molar-refractivity contribution in [3.8, 4) is 0 Å². The third-order valence-corrected chi connectivity index (χ3v) is 1.82. The number of nitrogens with zero attached hydrogens (tertiary/aromatic N) is 1. The highest BCUT2D eigenvalue weighted by Crippen LogP contribution is 2.09. The van der Waals surface area contributed by atoms with Crippen LogP contribution in [0.3, 0.4) is 0 Å². The molecule has 1 aliphatic rings. The summed E-state index contributed by atoms with van der Waals surface area (Å²) in [7, 11) is 0. The molecule has 0 saturated carbocycles. The molecule has 62 valence electrons. The van der Waals surface area contributed by atoms with Crippen LogP contribution in [0.2, 0.25) is 0 Å². The van der Waals surface area contributed by atoms with Crippen LogP contribution in [0.4, 0.5) is 0 Å². The number of hydrogen-bond acceptors (Lipinski definition) is 2. The molecule has 2 heterocycles. The largest absolute Gasteiger partial charge is 0.345 e. The van der Waals surface area contributed by atoms with E-state index in [9.17, 15) is 0 Å². The Bertz CT molecular complexity index is 216. The molecule has 0 fully saturated rings. The number of aromatic amines is 1. The summed E-state index contributed by atoms with van der Waals surface area (Å²) in [6.07, 6.45) is 1.07. The zero-order valence-corrected chi connectivity index (χ0v) is 6.07. The number of hydrogen-bond donors (Lipinski definition) is 2. The molecule has 0 spiro atoms. The van der Waals surface area contributed by atoms with E-state index in [-0.39, 0.29) is 7.43 Å². The van der Waals surface area contributed by atoms with Crippen molar-refractivity contribution in [3.63, 3.8) is 0 Å². The SMILES string of the molecule is C.Cc1nc2c([nH]1)CNCC2. The summed E-state index contributed by atoms with van der Waals surface area (Å²) in [6, 6.07) is 0. The predicted molar refractivity (Wildman–Crippen MR) is 45.5 cm³/mol. The van der Waals surface area contributed by atoms with Crippen molar-refractivity contribution in [2.75, 3.05) is 6.54 Å². The van der Waals surface area contributed by atoms with Gasteiger partial charge in [-0.15, -0.1) is 0 Å². The molecule has 3 nitrogen and oxygen atoms in total. The summed E-state index contributed by atoms with van der Waals surface area (Å²) in [6.45, 7) is 4.02. The van der Waals surface area contributed by atoms with Crippen molar-refractivity contribution in [3.05, 3.63) is 17.2 Å². The molecule has 0 saturated heterocycles. The van der Waals surface area contributed by atoms with Crippen LogP contribution in [-0.2, 0) is 13.0 Å². The second-order valence-corrected chi connectivity index (χ2v) is 2.67. The number of H-pyrrole nitrogens is 1. The van der Waals surface area contributed by atoms with Gasteiger partial charge in [-0.3, -0.25) is 0 Å². The Hall–Kier alpha value is -0.830. The summed E-state index contributed by atoms with van der Waals surface area (Å²) >= 11 is 0. The van der Waals surface area contributed by atoms with Crippen molar-refractivity contribution < 1.29 is 0 Å². The Labute approximate surface area is 67.2 Å². The maximum Gasteiger partial charge on any atom is 0.103 e. The van der Waals surface area contributed by atoms with Crippen LogP contribution >= 0.6 is 0 Å². The second-order valence-electron chi connectivity index (χ2n) is 2.67. The van der Waals surface area contributed by atoms with Crippen LogP contribution in [0.5, 0.6) is 0 Å². The van der Waals surface area contributed by atoms with Gasteiger partial charge < -0.3 is 10.3 Å². The fourth-order valence-corrected chi connectivity index (χ4v) is 1.36.